The Balaban J connectivity index is 1.44. The highest BCUT2D eigenvalue weighted by Crippen LogP contribution is 2.21. The van der Waals surface area contributed by atoms with Gasteiger partial charge in [0.15, 0.2) is 0 Å². The van der Waals surface area contributed by atoms with Crippen molar-refractivity contribution >= 4 is 16.9 Å². The Bertz CT molecular complexity index is 1290. The Labute approximate surface area is 195 Å². The largest absolute Gasteiger partial charge is 0.491 e. The number of hydrogen-bond acceptors (Lipinski definition) is 3. The summed E-state index contributed by atoms with van der Waals surface area (Å²) in [7, 11) is 0. The molecule has 0 bridgehead atoms. The van der Waals surface area contributed by atoms with Gasteiger partial charge in [-0.25, -0.2) is 4.98 Å². The van der Waals surface area contributed by atoms with Crippen molar-refractivity contribution in [3.05, 3.63) is 94.3 Å². The van der Waals surface area contributed by atoms with Crippen LogP contribution in [0.2, 0.25) is 0 Å². The summed E-state index contributed by atoms with van der Waals surface area (Å²) in [6, 6.07) is 20.1. The Morgan fingerprint density at radius 2 is 1.79 bits per heavy atom. The van der Waals surface area contributed by atoms with Crippen LogP contribution >= 0.6 is 0 Å². The topological polar surface area (TPSA) is 56.2 Å². The molecule has 0 aliphatic heterocycles. The summed E-state index contributed by atoms with van der Waals surface area (Å²) in [5.74, 6) is 1.82. The Kier molecular flexibility index (Phi) is 6.78. The number of fused-ring (bicyclic) bond motifs is 1. The standard InChI is InChI=1S/C28H31N3O2/c1-19-12-13-23(21(3)18-19)28(32)29-15-14-27-30-24-9-5-6-10-25(24)31(27)16-17-33-26-11-7-8-20(2)22(26)4/h5-13,18H,14-17H2,1-4H3,(H,29,32). The summed E-state index contributed by atoms with van der Waals surface area (Å²) >= 11 is 0. The quantitative estimate of drug-likeness (QED) is 0.403. The van der Waals surface area contributed by atoms with Crippen LogP contribution in [0.25, 0.3) is 11.0 Å². The van der Waals surface area contributed by atoms with E-state index in [0.717, 1.165) is 39.3 Å². The number of amides is 1. The molecule has 1 amide bonds. The maximum Gasteiger partial charge on any atom is 0.251 e. The Hall–Kier alpha value is -3.60. The van der Waals surface area contributed by atoms with Crippen molar-refractivity contribution in [1.29, 1.82) is 0 Å². The molecule has 5 heteroatoms. The van der Waals surface area contributed by atoms with Crippen LogP contribution in [0, 0.1) is 27.7 Å². The van der Waals surface area contributed by atoms with E-state index in [1.165, 1.54) is 11.1 Å². The molecule has 0 aliphatic carbocycles. The molecule has 1 aromatic heterocycles. The monoisotopic (exact) mass is 441 g/mol. The van der Waals surface area contributed by atoms with Crippen molar-refractivity contribution in [3.8, 4) is 5.75 Å². The van der Waals surface area contributed by atoms with Crippen molar-refractivity contribution < 1.29 is 9.53 Å². The van der Waals surface area contributed by atoms with Crippen LogP contribution in [-0.4, -0.2) is 28.6 Å². The number of imidazole rings is 1. The van der Waals surface area contributed by atoms with Gasteiger partial charge >= 0.3 is 0 Å². The average molecular weight is 442 g/mol. The van der Waals surface area contributed by atoms with Gasteiger partial charge in [0.1, 0.15) is 18.2 Å². The number of nitrogens with zero attached hydrogens (tertiary/aromatic N) is 2. The number of ether oxygens (including phenoxy) is 1. The van der Waals surface area contributed by atoms with Gasteiger partial charge < -0.3 is 14.6 Å². The molecule has 170 valence electrons. The van der Waals surface area contributed by atoms with Gasteiger partial charge in [-0.15, -0.1) is 0 Å². The first-order chi connectivity index (χ1) is 15.9. The number of hydrogen-bond donors (Lipinski definition) is 1. The molecule has 0 atom stereocenters. The fraction of sp³-hybridized carbons (Fsp3) is 0.286. The van der Waals surface area contributed by atoms with Gasteiger partial charge in [-0.1, -0.05) is 42.0 Å². The van der Waals surface area contributed by atoms with Gasteiger partial charge in [0.2, 0.25) is 0 Å². The van der Waals surface area contributed by atoms with Crippen molar-refractivity contribution in [3.63, 3.8) is 0 Å². The highest BCUT2D eigenvalue weighted by molar-refractivity contribution is 5.95. The molecule has 4 aromatic rings. The van der Waals surface area contributed by atoms with E-state index in [4.69, 9.17) is 9.72 Å². The highest BCUT2D eigenvalue weighted by atomic mass is 16.5. The lowest BCUT2D eigenvalue weighted by Crippen LogP contribution is -2.27. The number of carbonyl (C=O) groups excluding carboxylic acids is 1. The van der Waals surface area contributed by atoms with Crippen molar-refractivity contribution in [2.24, 2.45) is 0 Å². The molecule has 33 heavy (non-hydrogen) atoms. The zero-order chi connectivity index (χ0) is 23.4. The second-order valence-electron chi connectivity index (χ2n) is 8.54. The molecule has 1 N–H and O–H groups in total. The number of para-hydroxylation sites is 2. The average Bonchev–Trinajstić information content (AvgIpc) is 3.14. The number of aryl methyl sites for hydroxylation is 3. The zero-order valence-corrected chi connectivity index (χ0v) is 19.8. The minimum Gasteiger partial charge on any atom is -0.491 e. The normalized spacial score (nSPS) is 11.0. The van der Waals surface area contributed by atoms with Crippen LogP contribution < -0.4 is 10.1 Å². The summed E-state index contributed by atoms with van der Waals surface area (Å²) in [5.41, 5.74) is 7.29. The number of rotatable bonds is 8. The number of benzene rings is 3. The summed E-state index contributed by atoms with van der Waals surface area (Å²) in [6.07, 6.45) is 0.648. The third kappa shape index (κ3) is 5.08. The minimum absolute atomic E-state index is 0.0478. The lowest BCUT2D eigenvalue weighted by atomic mass is 10.1. The summed E-state index contributed by atoms with van der Waals surface area (Å²) < 4.78 is 8.30. The van der Waals surface area contributed by atoms with Crippen LogP contribution in [0.5, 0.6) is 5.75 Å². The molecule has 5 nitrogen and oxygen atoms in total. The summed E-state index contributed by atoms with van der Waals surface area (Å²) in [6.45, 7) is 9.94. The van der Waals surface area contributed by atoms with Gasteiger partial charge in [-0.2, -0.15) is 0 Å². The van der Waals surface area contributed by atoms with Crippen molar-refractivity contribution in [2.45, 2.75) is 40.7 Å². The van der Waals surface area contributed by atoms with Gasteiger partial charge in [0.25, 0.3) is 5.91 Å². The molecular formula is C28H31N3O2. The summed E-state index contributed by atoms with van der Waals surface area (Å²) in [4.78, 5) is 17.5. The zero-order valence-electron chi connectivity index (χ0n) is 19.8. The van der Waals surface area contributed by atoms with Crippen LogP contribution in [0.3, 0.4) is 0 Å². The van der Waals surface area contributed by atoms with Crippen LogP contribution in [0.15, 0.2) is 60.7 Å². The fourth-order valence-corrected chi connectivity index (χ4v) is 4.14. The predicted molar refractivity (Wildman–Crippen MR) is 133 cm³/mol. The number of nitrogens with one attached hydrogen (secondary N) is 1. The van der Waals surface area contributed by atoms with E-state index in [0.29, 0.717) is 26.1 Å². The molecule has 0 spiro atoms. The number of carbonyl (C=O) groups is 1. The van der Waals surface area contributed by atoms with E-state index >= 15 is 0 Å². The van der Waals surface area contributed by atoms with E-state index < -0.39 is 0 Å². The SMILES string of the molecule is Cc1ccc(C(=O)NCCc2nc3ccccc3n2CCOc2cccc(C)c2C)c(C)c1. The van der Waals surface area contributed by atoms with E-state index in [2.05, 4.69) is 35.9 Å². The predicted octanol–water partition coefficient (Wildman–Crippen LogP) is 5.32. The van der Waals surface area contributed by atoms with E-state index in [1.807, 2.05) is 62.4 Å². The van der Waals surface area contributed by atoms with Crippen LogP contribution in [0.4, 0.5) is 0 Å². The molecule has 0 radical (unpaired) electrons. The van der Waals surface area contributed by atoms with Gasteiger partial charge in [0.05, 0.1) is 17.6 Å². The second kappa shape index (κ2) is 9.90. The lowest BCUT2D eigenvalue weighted by Gasteiger charge is -2.14. The third-order valence-corrected chi connectivity index (χ3v) is 6.12. The van der Waals surface area contributed by atoms with E-state index in [-0.39, 0.29) is 5.91 Å². The molecule has 3 aromatic carbocycles. The maximum atomic E-state index is 12.7. The Morgan fingerprint density at radius 3 is 2.61 bits per heavy atom. The van der Waals surface area contributed by atoms with Crippen molar-refractivity contribution in [2.75, 3.05) is 13.2 Å². The fourth-order valence-electron chi connectivity index (χ4n) is 4.14. The first-order valence-electron chi connectivity index (χ1n) is 11.4. The van der Waals surface area contributed by atoms with Gasteiger partial charge in [-0.3, -0.25) is 4.79 Å². The lowest BCUT2D eigenvalue weighted by molar-refractivity contribution is 0.0953. The van der Waals surface area contributed by atoms with Gasteiger partial charge in [0, 0.05) is 18.5 Å². The highest BCUT2D eigenvalue weighted by Gasteiger charge is 2.13. The molecule has 0 unspecified atom stereocenters. The molecule has 0 saturated heterocycles. The summed E-state index contributed by atoms with van der Waals surface area (Å²) in [5, 5.41) is 3.05. The maximum absolute atomic E-state index is 12.7. The Morgan fingerprint density at radius 1 is 0.970 bits per heavy atom. The molecule has 1 heterocycles. The van der Waals surface area contributed by atoms with Crippen molar-refractivity contribution in [1.82, 2.24) is 14.9 Å². The molecule has 0 saturated carbocycles. The third-order valence-electron chi connectivity index (χ3n) is 6.12. The first kappa shape index (κ1) is 22.6. The second-order valence-corrected chi connectivity index (χ2v) is 8.54. The smallest absolute Gasteiger partial charge is 0.251 e. The molecule has 0 aliphatic rings. The van der Waals surface area contributed by atoms with Crippen LogP contribution in [-0.2, 0) is 13.0 Å². The van der Waals surface area contributed by atoms with E-state index in [9.17, 15) is 4.79 Å². The number of aromatic nitrogens is 2. The van der Waals surface area contributed by atoms with Gasteiger partial charge in [-0.05, 0) is 68.7 Å². The van der Waals surface area contributed by atoms with E-state index in [1.54, 1.807) is 0 Å². The first-order valence-corrected chi connectivity index (χ1v) is 11.4. The molecule has 4 rings (SSSR count). The molecule has 0 fully saturated rings. The minimum atomic E-state index is -0.0478. The van der Waals surface area contributed by atoms with Crippen LogP contribution in [0.1, 0.15) is 38.4 Å². The molecular weight excluding hydrogens is 410 g/mol.